The molecule has 0 amide bonds. The van der Waals surface area contributed by atoms with E-state index in [4.69, 9.17) is 23.4 Å². The number of hydrogen-bond donors (Lipinski definition) is 8. The fourth-order valence-corrected chi connectivity index (χ4v) is 5.06. The van der Waals surface area contributed by atoms with Crippen LogP contribution in [0.15, 0.2) is 40.8 Å². The zero-order valence-corrected chi connectivity index (χ0v) is 22.5. The van der Waals surface area contributed by atoms with Gasteiger partial charge in [0.1, 0.15) is 24.9 Å². The van der Waals surface area contributed by atoms with Crippen molar-refractivity contribution in [3.63, 3.8) is 0 Å². The number of aliphatic hydroxyl groups is 2. The van der Waals surface area contributed by atoms with E-state index in [0.717, 1.165) is 24.3 Å². The van der Waals surface area contributed by atoms with Gasteiger partial charge in [-0.25, -0.2) is 14.4 Å². The number of phenolic OH excluding ortho intramolecular Hbond substituents is 6. The van der Waals surface area contributed by atoms with Crippen molar-refractivity contribution < 1.29 is 78.6 Å². The largest absolute Gasteiger partial charge is 0.504 e. The molecular formula is C29H22O16. The van der Waals surface area contributed by atoms with Gasteiger partial charge < -0.3 is 64.2 Å². The maximum absolute atomic E-state index is 13.5. The molecule has 5 atom stereocenters. The average Bonchev–Trinajstić information content (AvgIpc) is 3.40. The standard InChI is InChI=1S/C29H22O16/c30-12-3-1-9(5-13(12)31)2-4-17(34)43-29-23(38)22(37)24-16(42-29)8-41-27(39)10-6-14(32)20(35)25-18(10)19-11(28(40)45-24)7-15(33)21(36)26(19)44-25/h1-7,16,22-24,29-33,35-38H,8H2/b4-2+/t16-,22-,23-,24-,29+/m1/s1. The van der Waals surface area contributed by atoms with Crippen LogP contribution in [0.2, 0.25) is 0 Å². The van der Waals surface area contributed by atoms with Crippen LogP contribution in [0.1, 0.15) is 26.3 Å². The van der Waals surface area contributed by atoms with Crippen molar-refractivity contribution in [1.29, 1.82) is 0 Å². The van der Waals surface area contributed by atoms with E-state index in [-0.39, 0.29) is 16.5 Å². The fourth-order valence-electron chi connectivity index (χ4n) is 5.06. The van der Waals surface area contributed by atoms with E-state index in [1.807, 2.05) is 0 Å². The van der Waals surface area contributed by atoms with Crippen LogP contribution in [0.3, 0.4) is 0 Å². The molecule has 8 N–H and O–H groups in total. The summed E-state index contributed by atoms with van der Waals surface area (Å²) in [5, 5.41) is 81.4. The molecule has 3 aromatic carbocycles. The number of hydrogen-bond acceptors (Lipinski definition) is 16. The molecule has 1 saturated heterocycles. The smallest absolute Gasteiger partial charge is 0.339 e. The zero-order chi connectivity index (χ0) is 32.3. The predicted octanol–water partition coefficient (Wildman–Crippen LogP) is 1.22. The number of furan rings is 1. The molecule has 0 saturated carbocycles. The van der Waals surface area contributed by atoms with Gasteiger partial charge in [0.05, 0.1) is 11.1 Å². The van der Waals surface area contributed by atoms with Crippen molar-refractivity contribution in [3.8, 4) is 34.5 Å². The minimum atomic E-state index is -2.00. The van der Waals surface area contributed by atoms with E-state index in [9.17, 15) is 55.2 Å². The molecular weight excluding hydrogens is 604 g/mol. The van der Waals surface area contributed by atoms with Crippen LogP contribution in [0.25, 0.3) is 28.0 Å². The molecule has 0 spiro atoms. The first kappa shape index (κ1) is 29.4. The number of aliphatic hydroxyl groups excluding tert-OH is 2. The molecule has 234 valence electrons. The van der Waals surface area contributed by atoms with Crippen LogP contribution < -0.4 is 0 Å². The van der Waals surface area contributed by atoms with Gasteiger partial charge in [0, 0.05) is 16.8 Å². The van der Waals surface area contributed by atoms with Crippen molar-refractivity contribution in [1.82, 2.24) is 0 Å². The lowest BCUT2D eigenvalue weighted by Crippen LogP contribution is -2.61. The lowest BCUT2D eigenvalue weighted by Gasteiger charge is -2.41. The Morgan fingerprint density at radius 2 is 1.42 bits per heavy atom. The second kappa shape index (κ2) is 10.8. The number of aromatic hydroxyl groups is 6. The van der Waals surface area contributed by atoms with Gasteiger partial charge in [-0.15, -0.1) is 0 Å². The van der Waals surface area contributed by atoms with Crippen molar-refractivity contribution in [3.05, 3.63) is 53.1 Å². The summed E-state index contributed by atoms with van der Waals surface area (Å²) in [6, 6.07) is 5.30. The van der Waals surface area contributed by atoms with Crippen LogP contribution in [-0.2, 0) is 23.7 Å². The number of esters is 3. The van der Waals surface area contributed by atoms with Gasteiger partial charge in [-0.2, -0.15) is 0 Å². The van der Waals surface area contributed by atoms with Gasteiger partial charge in [0.25, 0.3) is 0 Å². The molecule has 2 aliphatic heterocycles. The second-order valence-corrected chi connectivity index (χ2v) is 10.1. The Hall–Kier alpha value is -5.71. The third kappa shape index (κ3) is 4.92. The van der Waals surface area contributed by atoms with E-state index < -0.39 is 106 Å². The minimum absolute atomic E-state index is 0.291. The predicted molar refractivity (Wildman–Crippen MR) is 145 cm³/mol. The molecule has 3 heterocycles. The quantitative estimate of drug-likeness (QED) is 0.0687. The summed E-state index contributed by atoms with van der Waals surface area (Å²) >= 11 is 0. The molecule has 16 heteroatoms. The van der Waals surface area contributed by atoms with Gasteiger partial charge in [-0.3, -0.25) is 0 Å². The Balaban J connectivity index is 1.34. The summed E-state index contributed by atoms with van der Waals surface area (Å²) in [7, 11) is 0. The zero-order valence-electron chi connectivity index (χ0n) is 22.5. The number of rotatable bonds is 3. The van der Waals surface area contributed by atoms with Crippen LogP contribution in [0.5, 0.6) is 34.5 Å². The SMILES string of the molecule is O=C(/C=C/c1ccc(O)c(O)c1)O[C@@H]1O[C@@H]2COC(=O)c3cc(O)c(O)c4oc5c(O)c(O)cc(c5c34)C(=O)O[C@H]2[C@H](O)[C@H]1O. The third-order valence-electron chi connectivity index (χ3n) is 7.27. The summed E-state index contributed by atoms with van der Waals surface area (Å²) in [4.78, 5) is 39.2. The van der Waals surface area contributed by atoms with Crippen LogP contribution >= 0.6 is 0 Å². The van der Waals surface area contributed by atoms with Gasteiger partial charge in [-0.05, 0) is 35.9 Å². The molecule has 1 aromatic heterocycles. The Morgan fingerprint density at radius 3 is 2.04 bits per heavy atom. The summed E-state index contributed by atoms with van der Waals surface area (Å²) in [6.45, 7) is -0.770. The van der Waals surface area contributed by atoms with E-state index in [0.29, 0.717) is 5.56 Å². The second-order valence-electron chi connectivity index (χ2n) is 10.1. The first-order chi connectivity index (χ1) is 21.3. The molecule has 4 aromatic rings. The third-order valence-corrected chi connectivity index (χ3v) is 7.27. The molecule has 0 radical (unpaired) electrons. The highest BCUT2D eigenvalue weighted by Gasteiger charge is 2.49. The molecule has 2 aliphatic rings. The Morgan fingerprint density at radius 1 is 0.800 bits per heavy atom. The minimum Gasteiger partial charge on any atom is -0.504 e. The lowest BCUT2D eigenvalue weighted by molar-refractivity contribution is -0.290. The number of phenols is 6. The first-order valence-electron chi connectivity index (χ1n) is 13.0. The van der Waals surface area contributed by atoms with Crippen LogP contribution in [0, 0.1) is 0 Å². The van der Waals surface area contributed by atoms with Gasteiger partial charge in [-0.1, -0.05) is 6.07 Å². The number of carbonyl (C=O) groups excluding carboxylic acids is 3. The summed E-state index contributed by atoms with van der Waals surface area (Å²) in [5.74, 6) is -7.78. The van der Waals surface area contributed by atoms with Crippen LogP contribution in [0.4, 0.5) is 0 Å². The lowest BCUT2D eigenvalue weighted by atomic mass is 9.98. The molecule has 16 nitrogen and oxygen atoms in total. The average molecular weight is 626 g/mol. The fraction of sp³-hybridized carbons (Fsp3) is 0.207. The Labute approximate surface area is 249 Å². The van der Waals surface area contributed by atoms with Gasteiger partial charge in [0.15, 0.2) is 40.3 Å². The van der Waals surface area contributed by atoms with Crippen molar-refractivity contribution in [2.45, 2.75) is 30.7 Å². The van der Waals surface area contributed by atoms with Crippen molar-refractivity contribution in [2.24, 2.45) is 0 Å². The molecule has 0 unspecified atom stereocenters. The maximum atomic E-state index is 13.5. The van der Waals surface area contributed by atoms with Gasteiger partial charge in [0.2, 0.25) is 17.8 Å². The van der Waals surface area contributed by atoms with Crippen molar-refractivity contribution in [2.75, 3.05) is 6.61 Å². The Kier molecular flexibility index (Phi) is 7.03. The van der Waals surface area contributed by atoms with E-state index in [1.54, 1.807) is 0 Å². The summed E-state index contributed by atoms with van der Waals surface area (Å²) in [6.07, 6.45) is -7.10. The van der Waals surface area contributed by atoms with E-state index in [1.165, 1.54) is 18.2 Å². The van der Waals surface area contributed by atoms with E-state index >= 15 is 0 Å². The summed E-state index contributed by atoms with van der Waals surface area (Å²) in [5.41, 5.74) is -1.77. The van der Waals surface area contributed by atoms with Gasteiger partial charge >= 0.3 is 17.9 Å². The maximum Gasteiger partial charge on any atom is 0.339 e. The highest BCUT2D eigenvalue weighted by Crippen LogP contribution is 2.48. The highest BCUT2D eigenvalue weighted by molar-refractivity contribution is 6.23. The van der Waals surface area contributed by atoms with E-state index in [2.05, 4.69) is 0 Å². The highest BCUT2D eigenvalue weighted by atomic mass is 16.7. The monoisotopic (exact) mass is 626 g/mol. The summed E-state index contributed by atoms with van der Waals surface area (Å²) < 4.78 is 26.8. The normalized spacial score (nSPS) is 23.5. The number of ether oxygens (including phenoxy) is 4. The number of cyclic esters (lactones) is 1. The first-order valence-corrected chi connectivity index (χ1v) is 13.0. The van der Waals surface area contributed by atoms with Crippen LogP contribution in [-0.4, -0.2) is 96.1 Å². The number of carbonyl (C=O) groups is 3. The number of fused-ring (bicyclic) bond motifs is 1. The van der Waals surface area contributed by atoms with Crippen molar-refractivity contribution >= 4 is 45.9 Å². The topological polar surface area (TPSA) is 263 Å². The Bertz CT molecular complexity index is 1920. The molecule has 1 fully saturated rings. The number of benzene rings is 3. The molecule has 0 aliphatic carbocycles. The molecule has 0 bridgehead atoms. The molecule has 6 rings (SSSR count). The molecule has 45 heavy (non-hydrogen) atoms.